The normalized spacial score (nSPS) is 10.2. The fourth-order valence-corrected chi connectivity index (χ4v) is 2.85. The Labute approximate surface area is 145 Å². The van der Waals surface area contributed by atoms with Gasteiger partial charge in [0.15, 0.2) is 0 Å². The van der Waals surface area contributed by atoms with Gasteiger partial charge in [-0.1, -0.05) is 6.07 Å². The van der Waals surface area contributed by atoms with E-state index in [0.29, 0.717) is 18.8 Å². The first-order chi connectivity index (χ1) is 11.7. The Morgan fingerprint density at radius 1 is 1.21 bits per heavy atom. The van der Waals surface area contributed by atoms with E-state index in [9.17, 15) is 9.18 Å². The Balaban J connectivity index is 1.64. The molecule has 6 heteroatoms. The zero-order valence-corrected chi connectivity index (χ0v) is 14.4. The molecule has 0 aliphatic rings. The van der Waals surface area contributed by atoms with Crippen LogP contribution in [0.2, 0.25) is 0 Å². The van der Waals surface area contributed by atoms with E-state index in [2.05, 4.69) is 10.6 Å². The van der Waals surface area contributed by atoms with Gasteiger partial charge in [0, 0.05) is 23.2 Å². The first-order valence-electron chi connectivity index (χ1n) is 7.83. The van der Waals surface area contributed by atoms with E-state index in [4.69, 9.17) is 4.74 Å². The zero-order chi connectivity index (χ0) is 17.2. The number of ether oxygens (including phenoxy) is 1. The molecule has 2 amide bonds. The van der Waals surface area contributed by atoms with Gasteiger partial charge in [-0.05, 0) is 55.5 Å². The van der Waals surface area contributed by atoms with Gasteiger partial charge in [0.1, 0.15) is 11.6 Å². The highest BCUT2D eigenvalue weighted by atomic mass is 32.2. The number of benzene rings is 2. The van der Waals surface area contributed by atoms with Crippen LogP contribution in [0.4, 0.5) is 14.9 Å². The van der Waals surface area contributed by atoms with Crippen molar-refractivity contribution in [2.75, 3.05) is 24.2 Å². The molecule has 0 fully saturated rings. The minimum Gasteiger partial charge on any atom is -0.494 e. The van der Waals surface area contributed by atoms with Crippen molar-refractivity contribution >= 4 is 23.5 Å². The molecule has 2 aromatic carbocycles. The van der Waals surface area contributed by atoms with Crippen molar-refractivity contribution in [1.29, 1.82) is 0 Å². The topological polar surface area (TPSA) is 50.4 Å². The number of rotatable bonds is 8. The lowest BCUT2D eigenvalue weighted by atomic mass is 10.3. The third-order valence-corrected chi connectivity index (χ3v) is 4.19. The summed E-state index contributed by atoms with van der Waals surface area (Å²) in [5, 5.41) is 5.59. The van der Waals surface area contributed by atoms with Crippen LogP contribution >= 0.6 is 11.8 Å². The summed E-state index contributed by atoms with van der Waals surface area (Å²) in [5.41, 5.74) is 0.694. The molecule has 0 unspecified atom stereocenters. The van der Waals surface area contributed by atoms with Crippen LogP contribution in [0.5, 0.6) is 5.75 Å². The summed E-state index contributed by atoms with van der Waals surface area (Å²) in [6.45, 7) is 3.07. The summed E-state index contributed by atoms with van der Waals surface area (Å²) in [6, 6.07) is 13.4. The summed E-state index contributed by atoms with van der Waals surface area (Å²) in [6.07, 6.45) is 0.828. The molecule has 0 spiro atoms. The molecular formula is C18H21FN2O2S. The molecule has 128 valence electrons. The summed E-state index contributed by atoms with van der Waals surface area (Å²) in [4.78, 5) is 12.9. The van der Waals surface area contributed by atoms with Crippen LogP contribution in [0.15, 0.2) is 53.4 Å². The van der Waals surface area contributed by atoms with Gasteiger partial charge in [-0.3, -0.25) is 0 Å². The zero-order valence-electron chi connectivity index (χ0n) is 13.5. The molecular weight excluding hydrogens is 327 g/mol. The molecule has 0 aromatic heterocycles. The third kappa shape index (κ3) is 6.50. The summed E-state index contributed by atoms with van der Waals surface area (Å²) < 4.78 is 18.2. The molecule has 0 aliphatic carbocycles. The number of nitrogens with one attached hydrogen (secondary N) is 2. The quantitative estimate of drug-likeness (QED) is 0.544. The maximum atomic E-state index is 12.8. The maximum absolute atomic E-state index is 12.8. The standard InChI is InChI=1S/C18H21FN2O2S/c1-2-23-16-6-3-5-15(13-16)21-18(22)20-11-4-12-24-17-9-7-14(19)8-10-17/h3,5-10,13H,2,4,11-12H2,1H3,(H2,20,21,22). The second kappa shape index (κ2) is 9.82. The molecule has 0 saturated heterocycles. The molecule has 0 bridgehead atoms. The molecule has 2 aromatic rings. The van der Waals surface area contributed by atoms with Gasteiger partial charge in [0.05, 0.1) is 6.61 Å². The molecule has 24 heavy (non-hydrogen) atoms. The molecule has 2 N–H and O–H groups in total. The van der Waals surface area contributed by atoms with Gasteiger partial charge in [0.25, 0.3) is 0 Å². The van der Waals surface area contributed by atoms with Crippen molar-refractivity contribution in [3.05, 3.63) is 54.3 Å². The smallest absolute Gasteiger partial charge is 0.319 e. The SMILES string of the molecule is CCOc1cccc(NC(=O)NCCCSc2ccc(F)cc2)c1. The van der Waals surface area contributed by atoms with Gasteiger partial charge in [-0.2, -0.15) is 0 Å². The number of halogens is 1. The Morgan fingerprint density at radius 3 is 2.75 bits per heavy atom. The van der Waals surface area contributed by atoms with E-state index < -0.39 is 0 Å². The summed E-state index contributed by atoms with van der Waals surface area (Å²) in [5.74, 6) is 1.35. The van der Waals surface area contributed by atoms with Gasteiger partial charge in [0.2, 0.25) is 0 Å². The van der Waals surface area contributed by atoms with E-state index in [1.165, 1.54) is 12.1 Å². The van der Waals surface area contributed by atoms with Gasteiger partial charge in [-0.15, -0.1) is 11.8 Å². The van der Waals surface area contributed by atoms with Gasteiger partial charge < -0.3 is 15.4 Å². The van der Waals surface area contributed by atoms with Crippen molar-refractivity contribution in [1.82, 2.24) is 5.32 Å². The number of carbonyl (C=O) groups is 1. The van der Waals surface area contributed by atoms with Crippen molar-refractivity contribution < 1.29 is 13.9 Å². The second-order valence-corrected chi connectivity index (χ2v) is 6.17. The summed E-state index contributed by atoms with van der Waals surface area (Å²) in [7, 11) is 0. The largest absolute Gasteiger partial charge is 0.494 e. The van der Waals surface area contributed by atoms with E-state index in [1.807, 2.05) is 25.1 Å². The average Bonchev–Trinajstić information content (AvgIpc) is 2.57. The van der Waals surface area contributed by atoms with Crippen LogP contribution in [0.1, 0.15) is 13.3 Å². The number of urea groups is 1. The van der Waals surface area contributed by atoms with Crippen molar-refractivity contribution in [3.8, 4) is 5.75 Å². The van der Waals surface area contributed by atoms with Crippen molar-refractivity contribution in [2.45, 2.75) is 18.2 Å². The van der Waals surface area contributed by atoms with E-state index in [-0.39, 0.29) is 11.8 Å². The molecule has 0 radical (unpaired) electrons. The maximum Gasteiger partial charge on any atom is 0.319 e. The second-order valence-electron chi connectivity index (χ2n) is 5.00. The Bertz CT molecular complexity index is 650. The molecule has 4 nitrogen and oxygen atoms in total. The van der Waals surface area contributed by atoms with E-state index in [0.717, 1.165) is 22.8 Å². The molecule has 0 saturated carbocycles. The van der Waals surface area contributed by atoms with Gasteiger partial charge >= 0.3 is 6.03 Å². The highest BCUT2D eigenvalue weighted by Crippen LogP contribution is 2.19. The van der Waals surface area contributed by atoms with Crippen molar-refractivity contribution in [3.63, 3.8) is 0 Å². The van der Waals surface area contributed by atoms with E-state index in [1.54, 1.807) is 30.0 Å². The third-order valence-electron chi connectivity index (χ3n) is 3.09. The first-order valence-corrected chi connectivity index (χ1v) is 8.82. The molecule has 2 rings (SSSR count). The fourth-order valence-electron chi connectivity index (χ4n) is 2.00. The number of hydrogen-bond acceptors (Lipinski definition) is 3. The first kappa shape index (κ1) is 18.1. The monoisotopic (exact) mass is 348 g/mol. The van der Waals surface area contributed by atoms with Crippen LogP contribution < -0.4 is 15.4 Å². The average molecular weight is 348 g/mol. The lowest BCUT2D eigenvalue weighted by molar-refractivity contribution is 0.252. The van der Waals surface area contributed by atoms with Gasteiger partial charge in [-0.25, -0.2) is 9.18 Å². The predicted octanol–water partition coefficient (Wildman–Crippen LogP) is 4.53. The number of amides is 2. The lowest BCUT2D eigenvalue weighted by Gasteiger charge is -2.09. The number of carbonyl (C=O) groups excluding carboxylic acids is 1. The predicted molar refractivity (Wildman–Crippen MR) is 96.4 cm³/mol. The van der Waals surface area contributed by atoms with E-state index >= 15 is 0 Å². The molecule has 0 atom stereocenters. The minimum atomic E-state index is -0.240. The Hall–Kier alpha value is -2.21. The van der Waals surface area contributed by atoms with Crippen LogP contribution in [-0.2, 0) is 0 Å². The number of hydrogen-bond donors (Lipinski definition) is 2. The minimum absolute atomic E-state index is 0.230. The van der Waals surface area contributed by atoms with Crippen LogP contribution in [0.25, 0.3) is 0 Å². The van der Waals surface area contributed by atoms with Crippen LogP contribution in [0, 0.1) is 5.82 Å². The Morgan fingerprint density at radius 2 is 2.00 bits per heavy atom. The highest BCUT2D eigenvalue weighted by Gasteiger charge is 2.02. The fraction of sp³-hybridized carbons (Fsp3) is 0.278. The summed E-state index contributed by atoms with van der Waals surface area (Å²) >= 11 is 1.64. The highest BCUT2D eigenvalue weighted by molar-refractivity contribution is 7.99. The van der Waals surface area contributed by atoms with Crippen LogP contribution in [0.3, 0.4) is 0 Å². The van der Waals surface area contributed by atoms with Crippen molar-refractivity contribution in [2.24, 2.45) is 0 Å². The number of thioether (sulfide) groups is 1. The van der Waals surface area contributed by atoms with Crippen LogP contribution in [-0.4, -0.2) is 24.9 Å². The number of anilines is 1. The molecule has 0 heterocycles. The Kier molecular flexibility index (Phi) is 7.42. The molecule has 0 aliphatic heterocycles. The lowest BCUT2D eigenvalue weighted by Crippen LogP contribution is -2.29.